The highest BCUT2D eigenvalue weighted by Crippen LogP contribution is 2.54. The number of aryl methyl sites for hydroxylation is 3. The number of phosphoric ester groups is 1. The van der Waals surface area contributed by atoms with Gasteiger partial charge in [0.25, 0.3) is 17.4 Å². The molecule has 0 saturated carbocycles. The summed E-state index contributed by atoms with van der Waals surface area (Å²) in [6.45, 7) is 18.4. The van der Waals surface area contributed by atoms with Crippen LogP contribution in [-0.4, -0.2) is 182 Å². The highest BCUT2D eigenvalue weighted by atomic mass is 31.2. The van der Waals surface area contributed by atoms with Crippen LogP contribution in [0.3, 0.4) is 0 Å². The van der Waals surface area contributed by atoms with Gasteiger partial charge in [0.1, 0.15) is 42.6 Å². The van der Waals surface area contributed by atoms with E-state index in [-0.39, 0.29) is 95.2 Å². The molecular weight excluding hydrogens is 1310 g/mol. The van der Waals surface area contributed by atoms with Gasteiger partial charge in [0, 0.05) is 81.5 Å². The molecule has 3 fully saturated rings. The van der Waals surface area contributed by atoms with Crippen LogP contribution in [0.1, 0.15) is 191 Å². The van der Waals surface area contributed by atoms with E-state index in [0.29, 0.717) is 29.0 Å². The largest absolute Gasteiger partial charge is 0.493 e. The van der Waals surface area contributed by atoms with Crippen molar-refractivity contribution in [1.82, 2.24) is 28.9 Å². The molecule has 3 saturated heterocycles. The van der Waals surface area contributed by atoms with Gasteiger partial charge in [-0.3, -0.25) is 51.7 Å². The minimum absolute atomic E-state index is 0.000444. The van der Waals surface area contributed by atoms with Crippen molar-refractivity contribution in [2.45, 2.75) is 213 Å². The number of ether oxygens (including phenoxy) is 8. The summed E-state index contributed by atoms with van der Waals surface area (Å²) in [4.78, 5) is 108. The Kier molecular flexibility index (Phi) is 33.6. The van der Waals surface area contributed by atoms with E-state index in [4.69, 9.17) is 58.0 Å². The Labute approximate surface area is 586 Å². The number of phosphoric acid groups is 1. The zero-order valence-corrected chi connectivity index (χ0v) is 60.5. The van der Waals surface area contributed by atoms with Crippen LogP contribution < -0.4 is 27.0 Å². The van der Waals surface area contributed by atoms with Gasteiger partial charge in [-0.15, -0.1) is 0 Å². The lowest BCUT2D eigenvalue weighted by atomic mass is 10.0. The second kappa shape index (κ2) is 41.8. The average molecular weight is 1420 g/mol. The standard InChI is InChI=1S/C72H105N8O19P/c1-10-12-13-14-15-16-17-18-19-20-21-22-23-24-25-29-39-91-57-46-55(45-50(3)53(57)6)68(85)78-37-35-77(36-38-78)59(81)32-33-60(82)98-61-58(97-69(63(61)92-43-41-89-8)80-48-52(5)66(83)76-72(80)87)49-95-100(88,94-40-34-73-7)99-62-56(11-2)96-70(64(62)93-44-42-90-9)79-47-51(4)65(75-71(79)86)74-67(84)54-30-27-26-28-31-54/h26-28,30-31,45-48,56,58,61-64,69-70H,10-25,29,32-44,49H2,1-6,8-9H3,(H,76,83,87)(H,74,75,84,86)/t56-,58-,61+,62+,63?,64?,69-,70-,100?/m1/s1. The number of unbranched alkanes of at least 4 members (excludes halogenated alkanes) is 15. The van der Waals surface area contributed by atoms with E-state index >= 15 is 4.57 Å². The number of H-pyrrole nitrogens is 1. The Morgan fingerprint density at radius 2 is 1.23 bits per heavy atom. The molecule has 0 aliphatic carbocycles. The molecule has 100 heavy (non-hydrogen) atoms. The highest BCUT2D eigenvalue weighted by Gasteiger charge is 2.54. The number of anilines is 1. The molecule has 27 nitrogen and oxygen atoms in total. The lowest BCUT2D eigenvalue weighted by molar-refractivity contribution is -0.160. The maximum atomic E-state index is 15.3. The molecule has 3 aliphatic heterocycles. The minimum Gasteiger partial charge on any atom is -0.493 e. The van der Waals surface area contributed by atoms with E-state index in [1.807, 2.05) is 26.0 Å². The van der Waals surface area contributed by atoms with Crippen LogP contribution in [0.15, 0.2) is 69.2 Å². The number of nitrogens with one attached hydrogen (secondary N) is 2. The molecule has 0 spiro atoms. The van der Waals surface area contributed by atoms with E-state index < -0.39 is 105 Å². The van der Waals surface area contributed by atoms with Crippen LogP contribution in [0.5, 0.6) is 5.75 Å². The van der Waals surface area contributed by atoms with Crippen molar-refractivity contribution in [2.75, 3.05) is 98.5 Å². The lowest BCUT2D eigenvalue weighted by Crippen LogP contribution is -2.50. The van der Waals surface area contributed by atoms with Crippen molar-refractivity contribution in [3.05, 3.63) is 131 Å². The molecule has 28 heteroatoms. The lowest BCUT2D eigenvalue weighted by Gasteiger charge is -2.35. The minimum atomic E-state index is -4.95. The Morgan fingerprint density at radius 1 is 0.650 bits per heavy atom. The monoisotopic (exact) mass is 1420 g/mol. The Balaban J connectivity index is 0.989. The average Bonchev–Trinajstić information content (AvgIpc) is 1.58. The van der Waals surface area contributed by atoms with E-state index in [2.05, 4.69) is 27.1 Å². The molecule has 9 atom stereocenters. The van der Waals surface area contributed by atoms with E-state index in [9.17, 15) is 33.6 Å². The molecular formula is C72H105N8O19P. The summed E-state index contributed by atoms with van der Waals surface area (Å²) < 4.78 is 84.2. The van der Waals surface area contributed by atoms with E-state index in [0.717, 1.165) is 33.1 Å². The number of esters is 1. The van der Waals surface area contributed by atoms with Crippen molar-refractivity contribution in [2.24, 2.45) is 0 Å². The van der Waals surface area contributed by atoms with Gasteiger partial charge >= 0.3 is 25.2 Å². The molecule has 552 valence electrons. The Morgan fingerprint density at radius 3 is 1.84 bits per heavy atom. The van der Waals surface area contributed by atoms with Crippen LogP contribution in [0, 0.1) is 34.3 Å². The highest BCUT2D eigenvalue weighted by molar-refractivity contribution is 7.48. The molecule has 2 N–H and O–H groups in total. The van der Waals surface area contributed by atoms with Gasteiger partial charge in [-0.1, -0.05) is 128 Å². The molecule has 2 aromatic carbocycles. The van der Waals surface area contributed by atoms with Crippen LogP contribution in [0.25, 0.3) is 4.85 Å². The number of aromatic nitrogens is 4. The number of piperazine rings is 1. The number of carbonyl (C=O) groups is 4. The molecule has 5 heterocycles. The fourth-order valence-corrected chi connectivity index (χ4v) is 13.8. The second-order valence-electron chi connectivity index (χ2n) is 25.7. The van der Waals surface area contributed by atoms with Gasteiger partial charge in [0.15, 0.2) is 18.6 Å². The first-order valence-corrected chi connectivity index (χ1v) is 37.0. The van der Waals surface area contributed by atoms with Crippen LogP contribution in [0.2, 0.25) is 0 Å². The zero-order valence-electron chi connectivity index (χ0n) is 59.6. The van der Waals surface area contributed by atoms with Crippen LogP contribution in [0.4, 0.5) is 5.82 Å². The molecule has 4 aromatic rings. The summed E-state index contributed by atoms with van der Waals surface area (Å²) in [5, 5.41) is 2.68. The Hall–Kier alpha value is -6.96. The number of nitrogens with zero attached hydrogens (tertiary/aromatic N) is 6. The SMILES string of the molecule is [C-]#[N+]CCOP(=O)(OC[C@H]1O[C@@H](n2cc(C)c(=O)[nH]c2=O)C(OCCOC)[C@H]1OC(=O)CCC(=O)N1CCN(C(=O)c2cc(C)c(C)c(OCCCCCCCCCCCCCCCCCC)c2)CC1)O[C@@H]1C(OCCOC)[C@H](n2cc(C)c(NC(=O)c3ccccc3)nc2=O)O[C@@H]1CC. The van der Waals surface area contributed by atoms with Gasteiger partial charge in [0.2, 0.25) is 12.5 Å². The first kappa shape index (κ1) is 80.4. The zero-order chi connectivity index (χ0) is 72.0. The van der Waals surface area contributed by atoms with Crippen LogP contribution in [-0.2, 0) is 60.9 Å². The number of benzene rings is 2. The topological polar surface area (TPSA) is 299 Å². The van der Waals surface area contributed by atoms with Crippen molar-refractivity contribution < 1.29 is 75.2 Å². The van der Waals surface area contributed by atoms with Crippen molar-refractivity contribution in [3.8, 4) is 5.75 Å². The van der Waals surface area contributed by atoms with Gasteiger partial charge in [0.05, 0.1) is 52.2 Å². The molecule has 7 rings (SSSR count). The number of amides is 3. The summed E-state index contributed by atoms with van der Waals surface area (Å²) >= 11 is 0. The first-order chi connectivity index (χ1) is 48.3. The fraction of sp³-hybridized carbons (Fsp3) is 0.653. The van der Waals surface area contributed by atoms with Gasteiger partial charge in [-0.2, -0.15) is 4.98 Å². The van der Waals surface area contributed by atoms with Crippen molar-refractivity contribution in [3.63, 3.8) is 0 Å². The maximum absolute atomic E-state index is 15.3. The van der Waals surface area contributed by atoms with Gasteiger partial charge < -0.3 is 57.9 Å². The maximum Gasteiger partial charge on any atom is 0.475 e. The van der Waals surface area contributed by atoms with Crippen LogP contribution >= 0.6 is 7.82 Å². The van der Waals surface area contributed by atoms with Crippen molar-refractivity contribution >= 4 is 37.3 Å². The van der Waals surface area contributed by atoms with Crippen molar-refractivity contribution in [1.29, 1.82) is 0 Å². The third-order valence-corrected chi connectivity index (χ3v) is 19.7. The normalized spacial score (nSPS) is 20.5. The fourth-order valence-electron chi connectivity index (χ4n) is 12.4. The van der Waals surface area contributed by atoms with Gasteiger partial charge in [-0.25, -0.2) is 20.7 Å². The third kappa shape index (κ3) is 23.8. The molecule has 3 amide bonds. The summed E-state index contributed by atoms with van der Waals surface area (Å²) in [7, 11) is -2.06. The van der Waals surface area contributed by atoms with E-state index in [1.54, 1.807) is 54.0 Å². The van der Waals surface area contributed by atoms with Gasteiger partial charge in [-0.05, 0) is 75.9 Å². The summed E-state index contributed by atoms with van der Waals surface area (Å²) in [5.74, 6) is -1.24. The predicted molar refractivity (Wildman–Crippen MR) is 373 cm³/mol. The molecule has 0 bridgehead atoms. The quantitative estimate of drug-likeness (QED) is 0.0180. The third-order valence-electron chi connectivity index (χ3n) is 18.2. The first-order valence-electron chi connectivity index (χ1n) is 35.5. The number of aromatic amines is 1. The second-order valence-corrected chi connectivity index (χ2v) is 27.3. The smallest absolute Gasteiger partial charge is 0.475 e. The molecule has 3 unspecified atom stereocenters. The number of carbonyl (C=O) groups excluding carboxylic acids is 4. The number of hydrogen-bond donors (Lipinski definition) is 2. The number of rotatable bonds is 44. The summed E-state index contributed by atoms with van der Waals surface area (Å²) in [6.07, 6.45) is 12.2. The summed E-state index contributed by atoms with van der Waals surface area (Å²) in [5.41, 5.74) is 0.836. The molecule has 0 radical (unpaired) electrons. The van der Waals surface area contributed by atoms with E-state index in [1.165, 1.54) is 123 Å². The number of hydrogen-bond acceptors (Lipinski definition) is 20. The number of methoxy groups -OCH3 is 2. The molecule has 3 aliphatic rings. The molecule has 2 aromatic heterocycles. The predicted octanol–water partition coefficient (Wildman–Crippen LogP) is 10.3. The Bertz CT molecular complexity index is 3520. The summed E-state index contributed by atoms with van der Waals surface area (Å²) in [6, 6.07) is 12.0.